The van der Waals surface area contributed by atoms with Crippen molar-refractivity contribution in [1.29, 1.82) is 0 Å². The van der Waals surface area contributed by atoms with Gasteiger partial charge in [-0.3, -0.25) is 4.99 Å². The normalized spacial score (nSPS) is 11.9. The predicted octanol–water partition coefficient (Wildman–Crippen LogP) is 2.86. The first-order chi connectivity index (χ1) is 8.42. The van der Waals surface area contributed by atoms with Gasteiger partial charge in [0.15, 0.2) is 5.96 Å². The average Bonchev–Trinajstić information content (AvgIpc) is 2.75. The van der Waals surface area contributed by atoms with Crippen LogP contribution in [-0.2, 0) is 6.54 Å². The van der Waals surface area contributed by atoms with Crippen molar-refractivity contribution < 1.29 is 17.6 Å². The molecular weight excluding hydrogens is 374 g/mol. The molecule has 4 nitrogen and oxygen atoms in total. The van der Waals surface area contributed by atoms with Gasteiger partial charge in [0.1, 0.15) is 5.76 Å². The molecule has 0 radical (unpaired) electrons. The van der Waals surface area contributed by atoms with Crippen LogP contribution in [0.5, 0.6) is 0 Å². The zero-order valence-electron chi connectivity index (χ0n) is 10.7. The summed E-state index contributed by atoms with van der Waals surface area (Å²) in [5.41, 5.74) is 0. The minimum atomic E-state index is -4.16. The minimum Gasteiger partial charge on any atom is -0.467 e. The van der Waals surface area contributed by atoms with Crippen LogP contribution in [0, 0.1) is 0 Å². The van der Waals surface area contributed by atoms with E-state index >= 15 is 0 Å². The summed E-state index contributed by atoms with van der Waals surface area (Å²) in [7, 11) is 3.25. The molecule has 1 aromatic heterocycles. The Labute approximate surface area is 127 Å². The summed E-state index contributed by atoms with van der Waals surface area (Å²) in [4.78, 5) is 5.60. The molecule has 0 fully saturated rings. The second-order valence-electron chi connectivity index (χ2n) is 3.77. The molecule has 8 heteroatoms. The van der Waals surface area contributed by atoms with Crippen molar-refractivity contribution >= 4 is 29.9 Å². The number of rotatable bonds is 4. The molecule has 110 valence electrons. The zero-order chi connectivity index (χ0) is 13.6. The van der Waals surface area contributed by atoms with Crippen LogP contribution in [0.25, 0.3) is 0 Å². The van der Waals surface area contributed by atoms with Crippen LogP contribution in [0.3, 0.4) is 0 Å². The SMILES string of the molecule is CN=C(NCCC(F)(F)F)N(C)Cc1ccco1.I. The van der Waals surface area contributed by atoms with E-state index in [1.165, 1.54) is 7.05 Å². The van der Waals surface area contributed by atoms with Gasteiger partial charge in [-0.2, -0.15) is 13.2 Å². The summed E-state index contributed by atoms with van der Waals surface area (Å²) < 4.78 is 41.2. The van der Waals surface area contributed by atoms with Crippen LogP contribution in [0.15, 0.2) is 27.8 Å². The number of halogens is 4. The van der Waals surface area contributed by atoms with Crippen LogP contribution in [0.4, 0.5) is 13.2 Å². The Balaban J connectivity index is 0.00000324. The zero-order valence-corrected chi connectivity index (χ0v) is 13.0. The van der Waals surface area contributed by atoms with Gasteiger partial charge in [-0.1, -0.05) is 0 Å². The third kappa shape index (κ3) is 7.28. The number of guanidine groups is 1. The van der Waals surface area contributed by atoms with E-state index in [1.807, 2.05) is 0 Å². The van der Waals surface area contributed by atoms with Gasteiger partial charge < -0.3 is 14.6 Å². The second-order valence-corrected chi connectivity index (χ2v) is 3.77. The lowest BCUT2D eigenvalue weighted by atomic mass is 10.4. The molecule has 1 aromatic rings. The minimum absolute atomic E-state index is 0. The van der Waals surface area contributed by atoms with E-state index in [2.05, 4.69) is 10.3 Å². The average molecular weight is 391 g/mol. The third-order valence-electron chi connectivity index (χ3n) is 2.24. The van der Waals surface area contributed by atoms with E-state index < -0.39 is 12.6 Å². The van der Waals surface area contributed by atoms with Gasteiger partial charge in [-0.15, -0.1) is 24.0 Å². The quantitative estimate of drug-likeness (QED) is 0.488. The highest BCUT2D eigenvalue weighted by molar-refractivity contribution is 14.0. The van der Waals surface area contributed by atoms with E-state index in [1.54, 1.807) is 30.3 Å². The Hall–Kier alpha value is -0.930. The molecule has 0 unspecified atom stereocenters. The lowest BCUT2D eigenvalue weighted by Gasteiger charge is -2.21. The van der Waals surface area contributed by atoms with Gasteiger partial charge in [0.05, 0.1) is 19.2 Å². The highest BCUT2D eigenvalue weighted by atomic mass is 127. The number of hydrogen-bond acceptors (Lipinski definition) is 2. The van der Waals surface area contributed by atoms with Gasteiger partial charge in [0.25, 0.3) is 0 Å². The van der Waals surface area contributed by atoms with Crippen LogP contribution >= 0.6 is 24.0 Å². The maximum Gasteiger partial charge on any atom is 0.390 e. The van der Waals surface area contributed by atoms with Gasteiger partial charge in [0.2, 0.25) is 0 Å². The number of furan rings is 1. The molecule has 0 atom stereocenters. The first kappa shape index (κ1) is 18.1. The molecule has 0 aliphatic heterocycles. The Morgan fingerprint density at radius 1 is 1.47 bits per heavy atom. The molecule has 1 rings (SSSR count). The molecule has 1 heterocycles. The summed E-state index contributed by atoms with van der Waals surface area (Å²) in [6.45, 7) is 0.247. The molecule has 0 bridgehead atoms. The standard InChI is InChI=1S/C11H16F3N3O.HI/c1-15-10(16-6-5-11(12,13)14)17(2)8-9-4-3-7-18-9;/h3-4,7H,5-6,8H2,1-2H3,(H,15,16);1H. The summed E-state index contributed by atoms with van der Waals surface area (Å²) >= 11 is 0. The molecule has 19 heavy (non-hydrogen) atoms. The fraction of sp³-hybridized carbons (Fsp3) is 0.545. The maximum absolute atomic E-state index is 12.0. The van der Waals surface area contributed by atoms with Crippen molar-refractivity contribution in [2.24, 2.45) is 4.99 Å². The molecule has 0 aliphatic rings. The van der Waals surface area contributed by atoms with Crippen molar-refractivity contribution in [3.63, 3.8) is 0 Å². The fourth-order valence-electron chi connectivity index (χ4n) is 1.41. The van der Waals surface area contributed by atoms with Crippen molar-refractivity contribution in [2.45, 2.75) is 19.1 Å². The molecule has 0 saturated carbocycles. The molecule has 0 amide bonds. The number of aliphatic imine (C=N–C) groups is 1. The topological polar surface area (TPSA) is 40.8 Å². The van der Waals surface area contributed by atoms with Crippen LogP contribution in [0.1, 0.15) is 12.2 Å². The highest BCUT2D eigenvalue weighted by Gasteiger charge is 2.26. The maximum atomic E-state index is 12.0. The summed E-state index contributed by atoms with van der Waals surface area (Å²) in [5, 5.41) is 2.65. The van der Waals surface area contributed by atoms with Crippen molar-refractivity contribution in [1.82, 2.24) is 10.2 Å². The van der Waals surface area contributed by atoms with Crippen LogP contribution < -0.4 is 5.32 Å². The number of hydrogen-bond donors (Lipinski definition) is 1. The van der Waals surface area contributed by atoms with Gasteiger partial charge in [0, 0.05) is 20.6 Å². The van der Waals surface area contributed by atoms with E-state index in [9.17, 15) is 13.2 Å². The van der Waals surface area contributed by atoms with Crippen molar-refractivity contribution in [3.8, 4) is 0 Å². The lowest BCUT2D eigenvalue weighted by molar-refractivity contribution is -0.132. The summed E-state index contributed by atoms with van der Waals surface area (Å²) in [5.74, 6) is 1.12. The number of alkyl halides is 3. The molecule has 0 aromatic carbocycles. The van der Waals surface area contributed by atoms with E-state index in [-0.39, 0.29) is 30.5 Å². The largest absolute Gasteiger partial charge is 0.467 e. The van der Waals surface area contributed by atoms with E-state index in [0.717, 1.165) is 5.76 Å². The lowest BCUT2D eigenvalue weighted by Crippen LogP contribution is -2.39. The van der Waals surface area contributed by atoms with E-state index in [0.29, 0.717) is 12.5 Å². The molecule has 1 N–H and O–H groups in total. The Bertz CT molecular complexity index is 379. The predicted molar refractivity (Wildman–Crippen MR) is 77.6 cm³/mol. The van der Waals surface area contributed by atoms with Gasteiger partial charge >= 0.3 is 6.18 Å². The molecule has 0 aliphatic carbocycles. The smallest absolute Gasteiger partial charge is 0.390 e. The van der Waals surface area contributed by atoms with Gasteiger partial charge in [-0.05, 0) is 12.1 Å². The number of nitrogens with zero attached hydrogens (tertiary/aromatic N) is 2. The summed E-state index contributed by atoms with van der Waals surface area (Å²) in [6, 6.07) is 3.54. The molecule has 0 spiro atoms. The first-order valence-electron chi connectivity index (χ1n) is 5.43. The molecule has 0 saturated heterocycles. The Kier molecular flexibility index (Phi) is 7.88. The van der Waals surface area contributed by atoms with Crippen molar-refractivity contribution in [2.75, 3.05) is 20.6 Å². The van der Waals surface area contributed by atoms with Gasteiger partial charge in [-0.25, -0.2) is 0 Å². The molecular formula is C11H17F3IN3O. The Morgan fingerprint density at radius 3 is 2.63 bits per heavy atom. The fourth-order valence-corrected chi connectivity index (χ4v) is 1.41. The second kappa shape index (κ2) is 8.28. The van der Waals surface area contributed by atoms with E-state index in [4.69, 9.17) is 4.42 Å². The Morgan fingerprint density at radius 2 is 2.16 bits per heavy atom. The number of nitrogens with one attached hydrogen (secondary N) is 1. The van der Waals surface area contributed by atoms with Crippen LogP contribution in [-0.4, -0.2) is 37.7 Å². The first-order valence-corrected chi connectivity index (χ1v) is 5.43. The summed E-state index contributed by atoms with van der Waals surface area (Å²) in [6.07, 6.45) is -3.50. The monoisotopic (exact) mass is 391 g/mol. The third-order valence-corrected chi connectivity index (χ3v) is 2.24. The van der Waals surface area contributed by atoms with Crippen molar-refractivity contribution in [3.05, 3.63) is 24.2 Å². The van der Waals surface area contributed by atoms with Crippen LogP contribution in [0.2, 0.25) is 0 Å². The highest BCUT2D eigenvalue weighted by Crippen LogP contribution is 2.18.